The van der Waals surface area contributed by atoms with Crippen LogP contribution >= 0.6 is 23.2 Å². The molecule has 1 N–H and O–H groups in total. The predicted molar refractivity (Wildman–Crippen MR) is 93.4 cm³/mol. The number of nitrogens with zero attached hydrogens (tertiary/aromatic N) is 2. The van der Waals surface area contributed by atoms with Gasteiger partial charge in [0, 0.05) is 16.5 Å². The molecule has 3 rings (SSSR count). The van der Waals surface area contributed by atoms with Crippen LogP contribution in [-0.4, -0.2) is 30.4 Å². The molecular weight excluding hydrogens is 392 g/mol. The summed E-state index contributed by atoms with van der Waals surface area (Å²) in [7, 11) is -3.79. The highest BCUT2D eigenvalue weighted by Crippen LogP contribution is 2.28. The van der Waals surface area contributed by atoms with Crippen LogP contribution in [0, 0.1) is 5.82 Å². The van der Waals surface area contributed by atoms with Crippen LogP contribution in [0.25, 0.3) is 16.6 Å². The zero-order valence-electron chi connectivity index (χ0n) is 12.6. The minimum atomic E-state index is -3.79. The molecule has 25 heavy (non-hydrogen) atoms. The number of nitrogens with one attached hydrogen (secondary N) is 1. The van der Waals surface area contributed by atoms with Crippen molar-refractivity contribution >= 4 is 50.0 Å². The lowest BCUT2D eigenvalue weighted by Crippen LogP contribution is -2.30. The number of sulfonamides is 1. The Hall–Kier alpha value is -2.16. The van der Waals surface area contributed by atoms with E-state index in [2.05, 4.69) is 5.10 Å². The van der Waals surface area contributed by atoms with Gasteiger partial charge in [-0.15, -0.1) is 0 Å². The van der Waals surface area contributed by atoms with Gasteiger partial charge in [0.05, 0.1) is 23.0 Å². The summed E-state index contributed by atoms with van der Waals surface area (Å²) in [6, 6.07) is 8.61. The molecule has 10 heteroatoms. The van der Waals surface area contributed by atoms with Crippen molar-refractivity contribution in [2.24, 2.45) is 0 Å². The molecule has 0 unspecified atom stereocenters. The molecule has 0 aliphatic carbocycles. The first-order valence-corrected chi connectivity index (χ1v) is 9.46. The average Bonchev–Trinajstić information content (AvgIpc) is 2.82. The van der Waals surface area contributed by atoms with Crippen LogP contribution in [0.2, 0.25) is 10.2 Å². The third kappa shape index (κ3) is 3.60. The molecule has 1 amide bonds. The number of rotatable bonds is 3. The van der Waals surface area contributed by atoms with Crippen molar-refractivity contribution in [2.45, 2.75) is 0 Å². The van der Waals surface area contributed by atoms with Gasteiger partial charge < -0.3 is 0 Å². The summed E-state index contributed by atoms with van der Waals surface area (Å²) in [5, 5.41) is 5.40. The summed E-state index contributed by atoms with van der Waals surface area (Å²) in [6.45, 7) is 0. The van der Waals surface area contributed by atoms with Gasteiger partial charge in [-0.1, -0.05) is 23.2 Å². The molecule has 2 aromatic carbocycles. The summed E-state index contributed by atoms with van der Waals surface area (Å²) in [5.41, 5.74) is 0.509. The molecule has 0 radical (unpaired) electrons. The van der Waals surface area contributed by atoms with Crippen LogP contribution in [0.4, 0.5) is 4.39 Å². The SMILES string of the molecule is CS(=O)(=O)NC(=O)c1ccc(-n2nc(Cl)c3cc(Cl)ccc32)cc1F. The summed E-state index contributed by atoms with van der Waals surface area (Å²) >= 11 is 12.0. The van der Waals surface area contributed by atoms with E-state index in [9.17, 15) is 17.6 Å². The highest BCUT2D eigenvalue weighted by Gasteiger charge is 2.18. The zero-order chi connectivity index (χ0) is 18.4. The first-order chi connectivity index (χ1) is 11.7. The smallest absolute Gasteiger partial charge is 0.267 e. The Morgan fingerprint density at radius 2 is 1.92 bits per heavy atom. The number of hydrogen-bond donors (Lipinski definition) is 1. The lowest BCUT2D eigenvalue weighted by atomic mass is 10.2. The summed E-state index contributed by atoms with van der Waals surface area (Å²) in [4.78, 5) is 11.8. The monoisotopic (exact) mass is 401 g/mol. The highest BCUT2D eigenvalue weighted by atomic mass is 35.5. The van der Waals surface area contributed by atoms with E-state index in [4.69, 9.17) is 23.2 Å². The second kappa shape index (κ2) is 6.29. The Balaban J connectivity index is 2.06. The van der Waals surface area contributed by atoms with Gasteiger partial charge in [0.25, 0.3) is 5.91 Å². The van der Waals surface area contributed by atoms with Crippen molar-refractivity contribution in [1.82, 2.24) is 14.5 Å². The number of hydrogen-bond acceptors (Lipinski definition) is 4. The number of aromatic nitrogens is 2. The Bertz CT molecular complexity index is 1110. The average molecular weight is 402 g/mol. The lowest BCUT2D eigenvalue weighted by Gasteiger charge is -2.07. The fourth-order valence-electron chi connectivity index (χ4n) is 2.29. The molecular formula is C15H10Cl2FN3O3S. The van der Waals surface area contributed by atoms with E-state index >= 15 is 0 Å². The molecule has 1 aromatic heterocycles. The quantitative estimate of drug-likeness (QED) is 0.730. The standard InChI is InChI=1S/C15H10Cl2FN3O3S/c1-25(23,24)20-15(22)10-4-3-9(7-12(10)18)21-13-5-2-8(16)6-11(13)14(17)19-21/h2-7H,1H3,(H,20,22). The van der Waals surface area contributed by atoms with E-state index in [0.717, 1.165) is 12.3 Å². The van der Waals surface area contributed by atoms with Gasteiger partial charge in [-0.05, 0) is 30.3 Å². The number of amides is 1. The van der Waals surface area contributed by atoms with Crippen LogP contribution < -0.4 is 4.72 Å². The summed E-state index contributed by atoms with van der Waals surface area (Å²) < 4.78 is 39.6. The van der Waals surface area contributed by atoms with Crippen LogP contribution in [0.3, 0.4) is 0 Å². The van der Waals surface area contributed by atoms with Crippen molar-refractivity contribution in [3.8, 4) is 5.69 Å². The van der Waals surface area contributed by atoms with Crippen LogP contribution in [0.15, 0.2) is 36.4 Å². The summed E-state index contributed by atoms with van der Waals surface area (Å²) in [6.07, 6.45) is 0.806. The third-order valence-electron chi connectivity index (χ3n) is 3.32. The fraction of sp³-hybridized carbons (Fsp3) is 0.0667. The van der Waals surface area contributed by atoms with Gasteiger partial charge >= 0.3 is 0 Å². The second-order valence-corrected chi connectivity index (χ2v) is 7.77. The molecule has 0 atom stereocenters. The van der Waals surface area contributed by atoms with E-state index in [-0.39, 0.29) is 5.15 Å². The molecule has 0 aliphatic rings. The first-order valence-electron chi connectivity index (χ1n) is 6.81. The molecule has 0 saturated carbocycles. The predicted octanol–water partition coefficient (Wildman–Crippen LogP) is 3.16. The van der Waals surface area contributed by atoms with Crippen LogP contribution in [0.1, 0.15) is 10.4 Å². The molecule has 0 fully saturated rings. The van der Waals surface area contributed by atoms with Gasteiger partial charge in [0.1, 0.15) is 5.82 Å². The first kappa shape index (κ1) is 17.7. The number of carbonyl (C=O) groups is 1. The molecule has 3 aromatic rings. The maximum atomic E-state index is 14.3. The second-order valence-electron chi connectivity index (χ2n) is 5.23. The Morgan fingerprint density at radius 1 is 1.20 bits per heavy atom. The summed E-state index contributed by atoms with van der Waals surface area (Å²) in [5.74, 6) is -1.95. The maximum Gasteiger partial charge on any atom is 0.267 e. The lowest BCUT2D eigenvalue weighted by molar-refractivity contribution is 0.0978. The molecule has 130 valence electrons. The minimum absolute atomic E-state index is 0.191. The molecule has 0 spiro atoms. The van der Waals surface area contributed by atoms with E-state index in [1.165, 1.54) is 16.8 Å². The third-order valence-corrected chi connectivity index (χ3v) is 4.39. The molecule has 0 bridgehead atoms. The topological polar surface area (TPSA) is 81.1 Å². The number of halogens is 3. The zero-order valence-corrected chi connectivity index (χ0v) is 15.0. The fourth-order valence-corrected chi connectivity index (χ4v) is 3.14. The van der Waals surface area contributed by atoms with Gasteiger partial charge in [-0.25, -0.2) is 22.2 Å². The van der Waals surface area contributed by atoms with Crippen molar-refractivity contribution in [3.63, 3.8) is 0 Å². The minimum Gasteiger partial charge on any atom is -0.268 e. The Morgan fingerprint density at radius 3 is 2.56 bits per heavy atom. The van der Waals surface area contributed by atoms with Gasteiger partial charge in [-0.2, -0.15) is 5.10 Å². The normalized spacial score (nSPS) is 11.7. The Labute approximate surface area is 152 Å². The van der Waals surface area contributed by atoms with Gasteiger partial charge in [0.2, 0.25) is 10.0 Å². The maximum absolute atomic E-state index is 14.3. The van der Waals surface area contributed by atoms with Crippen LogP contribution in [0.5, 0.6) is 0 Å². The van der Waals surface area contributed by atoms with Crippen molar-refractivity contribution in [3.05, 3.63) is 58.0 Å². The van der Waals surface area contributed by atoms with Crippen molar-refractivity contribution in [1.29, 1.82) is 0 Å². The number of fused-ring (bicyclic) bond motifs is 1. The van der Waals surface area contributed by atoms with E-state index in [1.807, 2.05) is 0 Å². The highest BCUT2D eigenvalue weighted by molar-refractivity contribution is 7.89. The molecule has 6 nitrogen and oxygen atoms in total. The van der Waals surface area contributed by atoms with Crippen molar-refractivity contribution < 1.29 is 17.6 Å². The van der Waals surface area contributed by atoms with Gasteiger partial charge in [-0.3, -0.25) is 4.79 Å². The largest absolute Gasteiger partial charge is 0.268 e. The van der Waals surface area contributed by atoms with Crippen molar-refractivity contribution in [2.75, 3.05) is 6.26 Å². The van der Waals surface area contributed by atoms with E-state index in [0.29, 0.717) is 21.6 Å². The molecule has 0 aliphatic heterocycles. The Kier molecular flexibility index (Phi) is 4.44. The van der Waals surface area contributed by atoms with E-state index < -0.39 is 27.3 Å². The van der Waals surface area contributed by atoms with Crippen LogP contribution in [-0.2, 0) is 10.0 Å². The molecule has 0 saturated heterocycles. The number of benzene rings is 2. The number of carbonyl (C=O) groups excluding carboxylic acids is 1. The van der Waals surface area contributed by atoms with Gasteiger partial charge in [0.15, 0.2) is 5.15 Å². The molecule has 1 heterocycles. The van der Waals surface area contributed by atoms with E-state index in [1.54, 1.807) is 22.9 Å².